The van der Waals surface area contributed by atoms with Gasteiger partial charge in [0.15, 0.2) is 0 Å². The standard InChI is InChI=1S/C23H28N6O/c1-3-30-19-12-8-17(9-13-19)20-5-4-14-29(20)15-21-26-22(24)28-23(27-21)25-18-10-6-16(2)7-11-18/h6-13,20H,3-5,14-15H2,1-2H3,(H3,24,25,26,27,28)/t20-/m0/s1. The van der Waals surface area contributed by atoms with Gasteiger partial charge in [0.1, 0.15) is 11.6 Å². The van der Waals surface area contributed by atoms with E-state index in [0.717, 1.165) is 30.8 Å². The summed E-state index contributed by atoms with van der Waals surface area (Å²) in [7, 11) is 0. The van der Waals surface area contributed by atoms with E-state index in [0.29, 0.717) is 31.0 Å². The molecular weight excluding hydrogens is 376 g/mol. The van der Waals surface area contributed by atoms with Crippen LogP contribution < -0.4 is 15.8 Å². The SMILES string of the molecule is CCOc1ccc([C@@H]2CCCN2Cc2nc(N)nc(Nc3ccc(C)cc3)n2)cc1. The molecular formula is C23H28N6O. The lowest BCUT2D eigenvalue weighted by atomic mass is 10.0. The molecule has 1 fully saturated rings. The van der Waals surface area contributed by atoms with Gasteiger partial charge in [-0.3, -0.25) is 4.90 Å². The number of nitrogens with zero attached hydrogens (tertiary/aromatic N) is 4. The summed E-state index contributed by atoms with van der Waals surface area (Å²) in [5, 5.41) is 3.22. The Bertz CT molecular complexity index is 974. The third-order valence-corrected chi connectivity index (χ3v) is 5.29. The fourth-order valence-corrected chi connectivity index (χ4v) is 3.86. The first-order valence-corrected chi connectivity index (χ1v) is 10.4. The number of nitrogen functional groups attached to an aromatic ring is 1. The number of benzene rings is 2. The monoisotopic (exact) mass is 404 g/mol. The van der Waals surface area contributed by atoms with Crippen molar-refractivity contribution in [3.63, 3.8) is 0 Å². The smallest absolute Gasteiger partial charge is 0.232 e. The van der Waals surface area contributed by atoms with E-state index >= 15 is 0 Å². The molecule has 7 nitrogen and oxygen atoms in total. The summed E-state index contributed by atoms with van der Waals surface area (Å²) in [5.74, 6) is 2.28. The van der Waals surface area contributed by atoms with Crippen LogP contribution in [-0.2, 0) is 6.54 Å². The normalized spacial score (nSPS) is 16.5. The number of nitrogens with two attached hydrogens (primary N) is 1. The molecule has 0 spiro atoms. The summed E-state index contributed by atoms with van der Waals surface area (Å²) in [6.45, 7) is 6.36. The molecule has 2 aromatic carbocycles. The minimum Gasteiger partial charge on any atom is -0.494 e. The Hall–Kier alpha value is -3.19. The summed E-state index contributed by atoms with van der Waals surface area (Å²) >= 11 is 0. The molecule has 3 aromatic rings. The third kappa shape index (κ3) is 4.86. The molecule has 0 aliphatic carbocycles. The highest BCUT2D eigenvalue weighted by molar-refractivity contribution is 5.54. The lowest BCUT2D eigenvalue weighted by Crippen LogP contribution is -2.24. The average molecular weight is 405 g/mol. The molecule has 0 bridgehead atoms. The van der Waals surface area contributed by atoms with Gasteiger partial charge in [-0.25, -0.2) is 0 Å². The van der Waals surface area contributed by atoms with Crippen molar-refractivity contribution in [2.24, 2.45) is 0 Å². The molecule has 156 valence electrons. The number of likely N-dealkylation sites (tertiary alicyclic amines) is 1. The molecule has 1 atom stereocenters. The van der Waals surface area contributed by atoms with Crippen LogP contribution in [0.25, 0.3) is 0 Å². The zero-order valence-corrected chi connectivity index (χ0v) is 17.5. The molecule has 1 aliphatic heterocycles. The third-order valence-electron chi connectivity index (χ3n) is 5.29. The van der Waals surface area contributed by atoms with Crippen LogP contribution in [0.4, 0.5) is 17.6 Å². The number of ether oxygens (including phenoxy) is 1. The summed E-state index contributed by atoms with van der Waals surface area (Å²) in [6.07, 6.45) is 2.26. The molecule has 0 saturated carbocycles. The maximum absolute atomic E-state index is 5.97. The van der Waals surface area contributed by atoms with Crippen LogP contribution >= 0.6 is 0 Å². The topological polar surface area (TPSA) is 89.2 Å². The number of hydrogen-bond donors (Lipinski definition) is 2. The van der Waals surface area contributed by atoms with Crippen molar-refractivity contribution in [2.75, 3.05) is 24.2 Å². The van der Waals surface area contributed by atoms with Crippen molar-refractivity contribution in [3.8, 4) is 5.75 Å². The molecule has 0 unspecified atom stereocenters. The predicted octanol–water partition coefficient (Wildman–Crippen LogP) is 4.24. The molecule has 0 radical (unpaired) electrons. The van der Waals surface area contributed by atoms with Gasteiger partial charge < -0.3 is 15.8 Å². The zero-order chi connectivity index (χ0) is 20.9. The summed E-state index contributed by atoms with van der Waals surface area (Å²) < 4.78 is 5.57. The number of hydrogen-bond acceptors (Lipinski definition) is 7. The van der Waals surface area contributed by atoms with Crippen LogP contribution in [0, 0.1) is 6.92 Å². The van der Waals surface area contributed by atoms with E-state index in [1.54, 1.807) is 0 Å². The van der Waals surface area contributed by atoms with Crippen molar-refractivity contribution in [1.82, 2.24) is 19.9 Å². The van der Waals surface area contributed by atoms with Gasteiger partial charge in [0.2, 0.25) is 11.9 Å². The molecule has 30 heavy (non-hydrogen) atoms. The van der Waals surface area contributed by atoms with Crippen LogP contribution in [0.5, 0.6) is 5.75 Å². The van der Waals surface area contributed by atoms with Gasteiger partial charge >= 0.3 is 0 Å². The van der Waals surface area contributed by atoms with Crippen molar-refractivity contribution in [1.29, 1.82) is 0 Å². The summed E-state index contributed by atoms with van der Waals surface area (Å²) in [4.78, 5) is 15.6. The van der Waals surface area contributed by atoms with Crippen molar-refractivity contribution >= 4 is 17.6 Å². The van der Waals surface area contributed by atoms with Crippen molar-refractivity contribution < 1.29 is 4.74 Å². The molecule has 7 heteroatoms. The molecule has 0 amide bonds. The second kappa shape index (κ2) is 9.09. The Kier molecular flexibility index (Phi) is 6.09. The predicted molar refractivity (Wildman–Crippen MR) is 119 cm³/mol. The van der Waals surface area contributed by atoms with E-state index in [1.807, 2.05) is 43.3 Å². The quantitative estimate of drug-likeness (QED) is 0.609. The van der Waals surface area contributed by atoms with E-state index in [1.165, 1.54) is 11.1 Å². The van der Waals surface area contributed by atoms with Crippen molar-refractivity contribution in [3.05, 3.63) is 65.5 Å². The first kappa shape index (κ1) is 20.1. The Morgan fingerprint density at radius 3 is 2.57 bits per heavy atom. The highest BCUT2D eigenvalue weighted by Crippen LogP contribution is 2.33. The first-order valence-electron chi connectivity index (χ1n) is 10.4. The summed E-state index contributed by atoms with van der Waals surface area (Å²) in [5.41, 5.74) is 9.38. The van der Waals surface area contributed by atoms with E-state index in [2.05, 4.69) is 44.2 Å². The van der Waals surface area contributed by atoms with E-state index < -0.39 is 0 Å². The Morgan fingerprint density at radius 1 is 1.07 bits per heavy atom. The Labute approximate surface area is 177 Å². The van der Waals surface area contributed by atoms with Gasteiger partial charge in [0.25, 0.3) is 0 Å². The van der Waals surface area contributed by atoms with E-state index in [4.69, 9.17) is 10.5 Å². The lowest BCUT2D eigenvalue weighted by molar-refractivity contribution is 0.242. The van der Waals surface area contributed by atoms with Crippen LogP contribution in [-0.4, -0.2) is 33.0 Å². The average Bonchev–Trinajstić information content (AvgIpc) is 3.18. The molecule has 1 aromatic heterocycles. The highest BCUT2D eigenvalue weighted by Gasteiger charge is 2.27. The minimum atomic E-state index is 0.228. The maximum Gasteiger partial charge on any atom is 0.232 e. The van der Waals surface area contributed by atoms with E-state index in [9.17, 15) is 0 Å². The largest absolute Gasteiger partial charge is 0.494 e. The fourth-order valence-electron chi connectivity index (χ4n) is 3.86. The number of anilines is 3. The lowest BCUT2D eigenvalue weighted by Gasteiger charge is -2.24. The van der Waals surface area contributed by atoms with Crippen LogP contribution in [0.2, 0.25) is 0 Å². The first-order chi connectivity index (χ1) is 14.6. The van der Waals surface area contributed by atoms with Gasteiger partial charge in [0.05, 0.1) is 13.2 Å². The number of rotatable bonds is 7. The molecule has 1 aliphatic rings. The van der Waals surface area contributed by atoms with Crippen LogP contribution in [0.15, 0.2) is 48.5 Å². The number of aryl methyl sites for hydroxylation is 1. The fraction of sp³-hybridized carbons (Fsp3) is 0.348. The van der Waals surface area contributed by atoms with Gasteiger partial charge in [-0.05, 0) is 63.1 Å². The van der Waals surface area contributed by atoms with E-state index in [-0.39, 0.29) is 5.95 Å². The van der Waals surface area contributed by atoms with Gasteiger partial charge in [0, 0.05) is 11.7 Å². The second-order valence-corrected chi connectivity index (χ2v) is 7.56. The Morgan fingerprint density at radius 2 is 1.83 bits per heavy atom. The number of aromatic nitrogens is 3. The van der Waals surface area contributed by atoms with Crippen LogP contribution in [0.1, 0.15) is 42.8 Å². The number of nitrogens with one attached hydrogen (secondary N) is 1. The van der Waals surface area contributed by atoms with Crippen molar-refractivity contribution in [2.45, 2.75) is 39.3 Å². The van der Waals surface area contributed by atoms with Gasteiger partial charge in [-0.15, -0.1) is 0 Å². The minimum absolute atomic E-state index is 0.228. The van der Waals surface area contributed by atoms with Gasteiger partial charge in [-0.2, -0.15) is 15.0 Å². The zero-order valence-electron chi connectivity index (χ0n) is 17.5. The summed E-state index contributed by atoms with van der Waals surface area (Å²) in [6, 6.07) is 16.8. The molecule has 3 N–H and O–H groups in total. The van der Waals surface area contributed by atoms with Crippen LogP contribution in [0.3, 0.4) is 0 Å². The maximum atomic E-state index is 5.97. The highest BCUT2D eigenvalue weighted by atomic mass is 16.5. The molecule has 4 rings (SSSR count). The second-order valence-electron chi connectivity index (χ2n) is 7.56. The Balaban J connectivity index is 1.48. The molecule has 1 saturated heterocycles. The van der Waals surface area contributed by atoms with Gasteiger partial charge in [-0.1, -0.05) is 29.8 Å². The molecule has 2 heterocycles.